The fraction of sp³-hybridized carbons (Fsp3) is 0.619. The van der Waals surface area contributed by atoms with Gasteiger partial charge in [-0.2, -0.15) is 0 Å². The number of unbranched alkanes of at least 4 members (excludes halogenated alkanes) is 1. The monoisotopic (exact) mass is 444 g/mol. The van der Waals surface area contributed by atoms with Crippen LogP contribution >= 0.6 is 22.6 Å². The summed E-state index contributed by atoms with van der Waals surface area (Å²) >= 11 is 2.45. The van der Waals surface area contributed by atoms with Gasteiger partial charge in [-0.3, -0.25) is 0 Å². The molecule has 0 saturated carbocycles. The Morgan fingerprint density at radius 1 is 1.17 bits per heavy atom. The second kappa shape index (κ2) is 11.8. The summed E-state index contributed by atoms with van der Waals surface area (Å²) in [4.78, 5) is 0. The lowest BCUT2D eigenvalue weighted by Crippen LogP contribution is -2.07. The number of alkyl halides is 1. The number of methoxy groups -OCH3 is 2. The van der Waals surface area contributed by atoms with Crippen LogP contribution in [0.25, 0.3) is 0 Å². The topological polar surface area (TPSA) is 18.5 Å². The second-order valence-corrected chi connectivity index (χ2v) is 7.64. The third-order valence-corrected chi connectivity index (χ3v) is 5.18. The van der Waals surface area contributed by atoms with E-state index in [1.165, 1.54) is 34.8 Å². The highest BCUT2D eigenvalue weighted by molar-refractivity contribution is 14.1. The zero-order chi connectivity index (χ0) is 17.9. The molecule has 0 bridgehead atoms. The van der Waals surface area contributed by atoms with Crippen LogP contribution in [-0.2, 0) is 6.42 Å². The van der Waals surface area contributed by atoms with E-state index in [2.05, 4.69) is 55.2 Å². The standard InChI is InChI=1S/C21H33IO2/c1-6-8-10-18(9-7-2)21-19(23-4)14-17(15-20(21)24-5)13-16(3)11-12-22/h7,14-16,18H,2,6,8-13H2,1,3-5H3/t16-,18+/m0/s1. The van der Waals surface area contributed by atoms with Crippen molar-refractivity contribution in [1.82, 2.24) is 0 Å². The van der Waals surface area contributed by atoms with Gasteiger partial charge in [0, 0.05) is 5.56 Å². The smallest absolute Gasteiger partial charge is 0.126 e. The summed E-state index contributed by atoms with van der Waals surface area (Å²) in [5.74, 6) is 3.02. The van der Waals surface area contributed by atoms with Crippen molar-refractivity contribution in [2.24, 2.45) is 5.92 Å². The molecule has 0 fully saturated rings. The van der Waals surface area contributed by atoms with E-state index >= 15 is 0 Å². The van der Waals surface area contributed by atoms with E-state index in [1.54, 1.807) is 14.2 Å². The van der Waals surface area contributed by atoms with Gasteiger partial charge >= 0.3 is 0 Å². The molecular formula is C21H33IO2. The van der Waals surface area contributed by atoms with Gasteiger partial charge in [0.25, 0.3) is 0 Å². The zero-order valence-electron chi connectivity index (χ0n) is 15.7. The van der Waals surface area contributed by atoms with Crippen LogP contribution in [0.1, 0.15) is 63.0 Å². The molecule has 2 atom stereocenters. The van der Waals surface area contributed by atoms with Crippen LogP contribution in [0.5, 0.6) is 11.5 Å². The van der Waals surface area contributed by atoms with Crippen LogP contribution in [0, 0.1) is 5.92 Å². The molecular weight excluding hydrogens is 411 g/mol. The van der Waals surface area contributed by atoms with E-state index in [4.69, 9.17) is 9.47 Å². The molecule has 3 heteroatoms. The average molecular weight is 444 g/mol. The Morgan fingerprint density at radius 3 is 2.25 bits per heavy atom. The molecule has 0 aromatic heterocycles. The first kappa shape index (κ1) is 21.3. The Kier molecular flexibility index (Phi) is 10.5. The SMILES string of the molecule is C=CC[C@H](CCCC)c1c(OC)cc(C[C@@H](C)CCI)cc1OC. The highest BCUT2D eigenvalue weighted by Gasteiger charge is 2.21. The molecule has 0 aliphatic rings. The fourth-order valence-electron chi connectivity index (χ4n) is 3.24. The average Bonchev–Trinajstić information content (AvgIpc) is 2.58. The van der Waals surface area contributed by atoms with Crippen molar-refractivity contribution in [3.63, 3.8) is 0 Å². The molecule has 1 aromatic rings. The van der Waals surface area contributed by atoms with Crippen molar-refractivity contribution in [1.29, 1.82) is 0 Å². The highest BCUT2D eigenvalue weighted by atomic mass is 127. The second-order valence-electron chi connectivity index (χ2n) is 6.56. The van der Waals surface area contributed by atoms with Gasteiger partial charge in [0.1, 0.15) is 11.5 Å². The molecule has 0 aliphatic carbocycles. The predicted molar refractivity (Wildman–Crippen MR) is 113 cm³/mol. The van der Waals surface area contributed by atoms with E-state index in [-0.39, 0.29) is 0 Å². The van der Waals surface area contributed by atoms with Crippen LogP contribution < -0.4 is 9.47 Å². The van der Waals surface area contributed by atoms with Crippen molar-refractivity contribution in [3.05, 3.63) is 35.9 Å². The summed E-state index contributed by atoms with van der Waals surface area (Å²) in [5.41, 5.74) is 2.51. The number of allylic oxidation sites excluding steroid dienone is 1. The normalized spacial score (nSPS) is 13.4. The number of ether oxygens (including phenoxy) is 2. The van der Waals surface area contributed by atoms with E-state index in [9.17, 15) is 0 Å². The number of hydrogen-bond acceptors (Lipinski definition) is 2. The van der Waals surface area contributed by atoms with Gasteiger partial charge in [-0.15, -0.1) is 6.58 Å². The van der Waals surface area contributed by atoms with Crippen LogP contribution in [-0.4, -0.2) is 18.6 Å². The maximum Gasteiger partial charge on any atom is 0.126 e. The van der Waals surface area contributed by atoms with Gasteiger partial charge in [-0.1, -0.05) is 55.4 Å². The van der Waals surface area contributed by atoms with Crippen LogP contribution in [0.4, 0.5) is 0 Å². The lowest BCUT2D eigenvalue weighted by molar-refractivity contribution is 0.373. The van der Waals surface area contributed by atoms with Gasteiger partial charge in [-0.05, 0) is 59.6 Å². The van der Waals surface area contributed by atoms with Crippen molar-refractivity contribution in [2.75, 3.05) is 18.6 Å². The summed E-state index contributed by atoms with van der Waals surface area (Å²) in [5, 5.41) is 0. The fourth-order valence-corrected chi connectivity index (χ4v) is 4.30. The van der Waals surface area contributed by atoms with E-state index in [0.29, 0.717) is 11.8 Å². The number of rotatable bonds is 12. The molecule has 0 saturated heterocycles. The van der Waals surface area contributed by atoms with Crippen LogP contribution in [0.3, 0.4) is 0 Å². The third-order valence-electron chi connectivity index (χ3n) is 4.56. The Labute approximate surface area is 162 Å². The van der Waals surface area contributed by atoms with Gasteiger partial charge in [0.15, 0.2) is 0 Å². The summed E-state index contributed by atoms with van der Waals surface area (Å²) in [6.07, 6.45) is 8.82. The lowest BCUT2D eigenvalue weighted by atomic mass is 9.87. The summed E-state index contributed by atoms with van der Waals surface area (Å²) in [7, 11) is 3.53. The van der Waals surface area contributed by atoms with Crippen LogP contribution in [0.2, 0.25) is 0 Å². The van der Waals surface area contributed by atoms with Crippen LogP contribution in [0.15, 0.2) is 24.8 Å². The van der Waals surface area contributed by atoms with Gasteiger partial charge in [-0.25, -0.2) is 0 Å². The molecule has 0 amide bonds. The highest BCUT2D eigenvalue weighted by Crippen LogP contribution is 2.41. The predicted octanol–water partition coefficient (Wildman–Crippen LogP) is 6.56. The zero-order valence-corrected chi connectivity index (χ0v) is 17.9. The molecule has 2 nitrogen and oxygen atoms in total. The number of hydrogen-bond donors (Lipinski definition) is 0. The van der Waals surface area contributed by atoms with Gasteiger partial charge in [0.05, 0.1) is 14.2 Å². The van der Waals surface area contributed by atoms with Crippen molar-refractivity contribution in [2.45, 2.75) is 58.3 Å². The summed E-state index contributed by atoms with van der Waals surface area (Å²) in [6, 6.07) is 4.42. The van der Waals surface area contributed by atoms with Gasteiger partial charge in [0.2, 0.25) is 0 Å². The Bertz CT molecular complexity index is 474. The maximum absolute atomic E-state index is 5.76. The molecule has 0 radical (unpaired) electrons. The third kappa shape index (κ3) is 6.30. The summed E-state index contributed by atoms with van der Waals surface area (Å²) in [6.45, 7) is 8.49. The van der Waals surface area contributed by atoms with Crippen molar-refractivity contribution >= 4 is 22.6 Å². The van der Waals surface area contributed by atoms with E-state index < -0.39 is 0 Å². The minimum absolute atomic E-state index is 0.410. The lowest BCUT2D eigenvalue weighted by Gasteiger charge is -2.23. The first-order chi connectivity index (χ1) is 11.6. The molecule has 1 aromatic carbocycles. The maximum atomic E-state index is 5.76. The Hall–Kier alpha value is -0.710. The van der Waals surface area contributed by atoms with Crippen molar-refractivity contribution in [3.8, 4) is 11.5 Å². The molecule has 1 rings (SSSR count). The molecule has 24 heavy (non-hydrogen) atoms. The molecule has 0 N–H and O–H groups in total. The minimum Gasteiger partial charge on any atom is -0.496 e. The van der Waals surface area contributed by atoms with E-state index in [0.717, 1.165) is 30.8 Å². The number of benzene rings is 1. The molecule has 0 spiro atoms. The molecule has 0 unspecified atom stereocenters. The number of halogens is 1. The molecule has 136 valence electrons. The molecule has 0 heterocycles. The van der Waals surface area contributed by atoms with Crippen molar-refractivity contribution < 1.29 is 9.47 Å². The Balaban J connectivity index is 3.19. The largest absolute Gasteiger partial charge is 0.496 e. The summed E-state index contributed by atoms with van der Waals surface area (Å²) < 4.78 is 12.7. The molecule has 0 aliphatic heterocycles. The van der Waals surface area contributed by atoms with E-state index in [1.807, 2.05) is 6.08 Å². The first-order valence-corrected chi connectivity index (χ1v) is 10.5. The first-order valence-electron chi connectivity index (χ1n) is 9.02. The quantitative estimate of drug-likeness (QED) is 0.207. The Morgan fingerprint density at radius 2 is 1.79 bits per heavy atom. The minimum atomic E-state index is 0.410. The van der Waals surface area contributed by atoms with Gasteiger partial charge < -0.3 is 9.47 Å².